The van der Waals surface area contributed by atoms with Crippen LogP contribution in [0.15, 0.2) is 18.2 Å². The van der Waals surface area contributed by atoms with Crippen LogP contribution in [0.5, 0.6) is 0 Å². The Balaban J connectivity index is 1.87. The summed E-state index contributed by atoms with van der Waals surface area (Å²) in [6.45, 7) is 0.649. The predicted molar refractivity (Wildman–Crippen MR) is 89.9 cm³/mol. The number of hydrogen-bond acceptors (Lipinski definition) is 4. The van der Waals surface area contributed by atoms with E-state index < -0.39 is 17.2 Å². The molecule has 4 rings (SSSR count). The first kappa shape index (κ1) is 16.9. The molecule has 3 aliphatic rings. The van der Waals surface area contributed by atoms with Crippen molar-refractivity contribution in [3.05, 3.63) is 29.3 Å². The first-order valence-electron chi connectivity index (χ1n) is 8.45. The number of hydrogen-bond donors (Lipinski definition) is 0. The number of halogens is 3. The summed E-state index contributed by atoms with van der Waals surface area (Å²) < 4.78 is 39.4. The van der Waals surface area contributed by atoms with Gasteiger partial charge in [-0.15, -0.1) is 0 Å². The lowest BCUT2D eigenvalue weighted by Crippen LogP contribution is -2.64. The Labute approximate surface area is 147 Å². The molecule has 0 N–H and O–H groups in total. The van der Waals surface area contributed by atoms with Crippen molar-refractivity contribution >= 4 is 29.0 Å². The molecule has 1 aliphatic carbocycles. The van der Waals surface area contributed by atoms with E-state index in [9.17, 15) is 22.8 Å². The smallest absolute Gasteiger partial charge is 0.365 e. The Morgan fingerprint density at radius 3 is 2.56 bits per heavy atom. The van der Waals surface area contributed by atoms with Crippen molar-refractivity contribution in [2.75, 3.05) is 23.0 Å². The van der Waals surface area contributed by atoms with Gasteiger partial charge in [-0.2, -0.15) is 24.9 Å². The Hall–Kier alpha value is -1.50. The van der Waals surface area contributed by atoms with Crippen LogP contribution in [0.4, 0.5) is 18.9 Å². The van der Waals surface area contributed by atoms with Gasteiger partial charge in [0.05, 0.1) is 11.6 Å². The monoisotopic (exact) mass is 369 g/mol. The lowest BCUT2D eigenvalue weighted by atomic mass is 9.62. The van der Waals surface area contributed by atoms with Gasteiger partial charge in [-0.1, -0.05) is 0 Å². The summed E-state index contributed by atoms with van der Waals surface area (Å²) in [5.41, 5.74) is -0.665. The number of rotatable bonds is 0. The molecule has 2 aliphatic heterocycles. The summed E-state index contributed by atoms with van der Waals surface area (Å²) in [4.78, 5) is 27.7. The summed E-state index contributed by atoms with van der Waals surface area (Å²) in [6.07, 6.45) is -3.10. The number of anilines is 1. The number of thioether (sulfide) groups is 1. The maximum Gasteiger partial charge on any atom is 0.416 e. The molecule has 0 bridgehead atoms. The lowest BCUT2D eigenvalue weighted by molar-refractivity contribution is -0.145. The SMILES string of the molecule is O=C1CCCC(=O)C12Cc1cc(C(F)(F)F)ccc1N1CCSC[C@@H]12. The Kier molecular flexibility index (Phi) is 3.90. The maximum absolute atomic E-state index is 13.1. The molecule has 1 saturated heterocycles. The van der Waals surface area contributed by atoms with Crippen LogP contribution < -0.4 is 4.90 Å². The van der Waals surface area contributed by atoms with Crippen molar-refractivity contribution in [3.63, 3.8) is 0 Å². The van der Waals surface area contributed by atoms with Crippen molar-refractivity contribution in [2.45, 2.75) is 37.9 Å². The number of fused-ring (bicyclic) bond motifs is 4. The topological polar surface area (TPSA) is 37.4 Å². The van der Waals surface area contributed by atoms with Gasteiger partial charge in [0.2, 0.25) is 0 Å². The van der Waals surface area contributed by atoms with E-state index in [0.717, 1.165) is 23.6 Å². The van der Waals surface area contributed by atoms with Crippen LogP contribution in [-0.4, -0.2) is 35.7 Å². The third-order valence-corrected chi connectivity index (χ3v) is 6.71. The van der Waals surface area contributed by atoms with Crippen LogP contribution >= 0.6 is 11.8 Å². The Bertz CT molecular complexity index is 730. The van der Waals surface area contributed by atoms with Crippen molar-refractivity contribution in [1.82, 2.24) is 0 Å². The van der Waals surface area contributed by atoms with Crippen LogP contribution in [0.1, 0.15) is 30.4 Å². The fourth-order valence-electron chi connectivity index (χ4n) is 4.48. The van der Waals surface area contributed by atoms with E-state index in [4.69, 9.17) is 0 Å². The fraction of sp³-hybridized carbons (Fsp3) is 0.556. The van der Waals surface area contributed by atoms with Gasteiger partial charge in [-0.05, 0) is 36.6 Å². The van der Waals surface area contributed by atoms with Gasteiger partial charge in [0.15, 0.2) is 0 Å². The highest BCUT2D eigenvalue weighted by Gasteiger charge is 2.57. The molecule has 0 radical (unpaired) electrons. The standard InChI is InChI=1S/C18H18F3NO2S/c19-18(20,21)12-4-5-13-11(8-12)9-17(14-10-25-7-6-22(13)14)15(23)2-1-3-16(17)24/h4-5,8,14H,1-3,6-7,9-10H2/t14-/m1/s1. The van der Waals surface area contributed by atoms with E-state index in [-0.39, 0.29) is 24.0 Å². The zero-order valence-corrected chi connectivity index (χ0v) is 14.4. The minimum absolute atomic E-state index is 0.0932. The molecule has 134 valence electrons. The number of nitrogens with zero attached hydrogens (tertiary/aromatic N) is 1. The highest BCUT2D eigenvalue weighted by Crippen LogP contribution is 2.49. The summed E-state index contributed by atoms with van der Waals surface area (Å²) in [5, 5.41) is 0. The van der Waals surface area contributed by atoms with E-state index in [0.29, 0.717) is 37.1 Å². The molecule has 0 aromatic heterocycles. The van der Waals surface area contributed by atoms with E-state index in [1.54, 1.807) is 11.8 Å². The molecule has 1 aromatic carbocycles. The number of benzene rings is 1. The number of carbonyl (C=O) groups excluding carboxylic acids is 2. The van der Waals surface area contributed by atoms with Crippen LogP contribution in [0.3, 0.4) is 0 Å². The molecular weight excluding hydrogens is 351 g/mol. The molecule has 1 aromatic rings. The first-order chi connectivity index (χ1) is 11.8. The second kappa shape index (κ2) is 5.76. The molecule has 0 amide bonds. The van der Waals surface area contributed by atoms with Crippen LogP contribution in [0.25, 0.3) is 0 Å². The zero-order chi connectivity index (χ0) is 17.8. The summed E-state index contributed by atoms with van der Waals surface area (Å²) in [6, 6.07) is 3.49. The van der Waals surface area contributed by atoms with Crippen LogP contribution in [-0.2, 0) is 22.2 Å². The van der Waals surface area contributed by atoms with E-state index in [2.05, 4.69) is 0 Å². The molecule has 7 heteroatoms. The number of Topliss-reactive ketones (excluding diaryl/α,β-unsaturated/α-hetero) is 2. The van der Waals surface area contributed by atoms with Crippen molar-refractivity contribution in [1.29, 1.82) is 0 Å². The quantitative estimate of drug-likeness (QED) is 0.656. The van der Waals surface area contributed by atoms with Gasteiger partial charge in [0.25, 0.3) is 0 Å². The van der Waals surface area contributed by atoms with Crippen LogP contribution in [0, 0.1) is 5.41 Å². The van der Waals surface area contributed by atoms with Gasteiger partial charge in [0.1, 0.15) is 17.0 Å². The normalized spacial score (nSPS) is 25.7. The molecule has 1 saturated carbocycles. The summed E-state index contributed by atoms with van der Waals surface area (Å²) in [7, 11) is 0. The average molecular weight is 369 g/mol. The van der Waals surface area contributed by atoms with Crippen molar-refractivity contribution in [2.24, 2.45) is 5.41 Å². The minimum Gasteiger partial charge on any atom is -0.365 e. The van der Waals surface area contributed by atoms with Gasteiger partial charge in [0, 0.05) is 36.6 Å². The van der Waals surface area contributed by atoms with Crippen LogP contribution in [0.2, 0.25) is 0 Å². The largest absolute Gasteiger partial charge is 0.416 e. The molecule has 1 spiro atoms. The van der Waals surface area contributed by atoms with Gasteiger partial charge >= 0.3 is 6.18 Å². The molecular formula is C18H18F3NO2S. The Morgan fingerprint density at radius 2 is 1.88 bits per heavy atom. The summed E-state index contributed by atoms with van der Waals surface area (Å²) in [5.74, 6) is 1.32. The van der Waals surface area contributed by atoms with E-state index in [1.807, 2.05) is 4.90 Å². The third kappa shape index (κ3) is 2.50. The molecule has 25 heavy (non-hydrogen) atoms. The lowest BCUT2D eigenvalue weighted by Gasteiger charge is -2.52. The molecule has 0 unspecified atom stereocenters. The first-order valence-corrected chi connectivity index (χ1v) is 9.60. The van der Waals surface area contributed by atoms with Crippen molar-refractivity contribution < 1.29 is 22.8 Å². The van der Waals surface area contributed by atoms with Gasteiger partial charge in [-0.25, -0.2) is 0 Å². The molecule has 2 fully saturated rings. The predicted octanol–water partition coefficient (Wildman–Crippen LogP) is 3.49. The Morgan fingerprint density at radius 1 is 1.16 bits per heavy atom. The van der Waals surface area contributed by atoms with E-state index in [1.165, 1.54) is 6.07 Å². The number of carbonyl (C=O) groups is 2. The van der Waals surface area contributed by atoms with E-state index >= 15 is 0 Å². The highest BCUT2D eigenvalue weighted by atomic mass is 32.2. The van der Waals surface area contributed by atoms with Crippen molar-refractivity contribution in [3.8, 4) is 0 Å². The number of alkyl halides is 3. The highest BCUT2D eigenvalue weighted by molar-refractivity contribution is 7.99. The third-order valence-electron chi connectivity index (χ3n) is 5.69. The molecule has 3 nitrogen and oxygen atoms in total. The van der Waals surface area contributed by atoms with Gasteiger partial charge in [-0.3, -0.25) is 9.59 Å². The maximum atomic E-state index is 13.1. The fourth-order valence-corrected chi connectivity index (χ4v) is 5.66. The van der Waals surface area contributed by atoms with Gasteiger partial charge < -0.3 is 4.90 Å². The molecule has 1 atom stereocenters. The zero-order valence-electron chi connectivity index (χ0n) is 13.6. The molecule has 2 heterocycles. The minimum atomic E-state index is -4.43. The second-order valence-corrected chi connectivity index (χ2v) is 8.12. The average Bonchev–Trinajstić information content (AvgIpc) is 2.58. The number of ketones is 2. The second-order valence-electron chi connectivity index (χ2n) is 6.97. The summed E-state index contributed by atoms with van der Waals surface area (Å²) >= 11 is 1.71.